The molecule has 16 nitrogen and oxygen atoms in total. The van der Waals surface area contributed by atoms with Crippen LogP contribution in [0.3, 0.4) is 0 Å². The molecule has 1 N–H and O–H groups in total. The summed E-state index contributed by atoms with van der Waals surface area (Å²) in [5.74, 6) is -4.25. The molecule has 4 rings (SSSR count). The third-order valence-electron chi connectivity index (χ3n) is 5.61. The molecule has 0 atom stereocenters. The van der Waals surface area contributed by atoms with Gasteiger partial charge >= 0.3 is 24.3 Å². The molecule has 23 heteroatoms. The SMILES string of the molecule is COC(=O)c1cc(-n2cnc(C#N)c2)c(C(F)(F)F)cc1[N+](=O)[O-].COC(=O)c1cc(F)c(C(F)(F)F)cc1[N+](=O)[O-].N#Cc1cnc[nH]1. The number of alkyl halides is 6. The van der Waals surface area contributed by atoms with Crippen LogP contribution in [0.15, 0.2) is 49.3 Å². The maximum atomic E-state index is 13.2. The molecule has 0 aliphatic heterocycles. The van der Waals surface area contributed by atoms with Gasteiger partial charge in [0.2, 0.25) is 0 Å². The van der Waals surface area contributed by atoms with Gasteiger partial charge in [0.05, 0.1) is 53.4 Å². The Kier molecular flexibility index (Phi) is 12.2. The van der Waals surface area contributed by atoms with Gasteiger partial charge in [-0.25, -0.2) is 23.9 Å². The molecule has 0 radical (unpaired) electrons. The summed E-state index contributed by atoms with van der Waals surface area (Å²) in [4.78, 5) is 51.7. The van der Waals surface area contributed by atoms with E-state index in [9.17, 15) is 60.6 Å². The lowest BCUT2D eigenvalue weighted by atomic mass is 10.1. The number of rotatable bonds is 5. The second-order valence-electron chi connectivity index (χ2n) is 8.58. The third-order valence-corrected chi connectivity index (χ3v) is 5.61. The number of nitrogens with one attached hydrogen (secondary N) is 1. The highest BCUT2D eigenvalue weighted by atomic mass is 19.4. The van der Waals surface area contributed by atoms with Gasteiger partial charge in [-0.15, -0.1) is 0 Å². The molecule has 0 bridgehead atoms. The molecule has 256 valence electrons. The van der Waals surface area contributed by atoms with E-state index in [4.69, 9.17) is 10.5 Å². The topological polar surface area (TPSA) is 233 Å². The summed E-state index contributed by atoms with van der Waals surface area (Å²) in [6.45, 7) is 0. The molecule has 0 aliphatic rings. The number of nitrogens with zero attached hydrogens (tertiary/aromatic N) is 7. The summed E-state index contributed by atoms with van der Waals surface area (Å²) < 4.78 is 99.2. The molecule has 0 spiro atoms. The molecule has 4 aromatic rings. The van der Waals surface area contributed by atoms with Crippen LogP contribution in [0.1, 0.15) is 43.2 Å². The zero-order valence-corrected chi connectivity index (χ0v) is 24.2. The first kappa shape index (κ1) is 38.3. The number of esters is 2. The molecule has 0 fully saturated rings. The minimum Gasteiger partial charge on any atom is -0.465 e. The Labute approximate surface area is 266 Å². The number of methoxy groups -OCH3 is 2. The van der Waals surface area contributed by atoms with Crippen LogP contribution in [0.2, 0.25) is 0 Å². The number of nitro groups is 2. The number of nitro benzene ring substituents is 2. The summed E-state index contributed by atoms with van der Waals surface area (Å²) in [7, 11) is 1.80. The van der Waals surface area contributed by atoms with Crippen LogP contribution >= 0.6 is 0 Å². The molecule has 0 saturated heterocycles. The van der Waals surface area contributed by atoms with Crippen LogP contribution < -0.4 is 0 Å². The molecule has 2 aromatic carbocycles. The fourth-order valence-electron chi connectivity index (χ4n) is 3.47. The Balaban J connectivity index is 0.000000291. The van der Waals surface area contributed by atoms with Crippen molar-refractivity contribution < 1.29 is 59.6 Å². The molecule has 0 unspecified atom stereocenters. The first-order valence-electron chi connectivity index (χ1n) is 12.2. The number of hydrogen-bond donors (Lipinski definition) is 1. The van der Waals surface area contributed by atoms with Gasteiger partial charge in [-0.1, -0.05) is 0 Å². The highest BCUT2D eigenvalue weighted by molar-refractivity contribution is 5.95. The zero-order chi connectivity index (χ0) is 37.3. The molecular weight excluding hydrogens is 685 g/mol. The highest BCUT2D eigenvalue weighted by Crippen LogP contribution is 2.38. The van der Waals surface area contributed by atoms with Crippen LogP contribution in [0, 0.1) is 48.7 Å². The van der Waals surface area contributed by atoms with Crippen molar-refractivity contribution in [1.29, 1.82) is 10.5 Å². The first-order valence-corrected chi connectivity index (χ1v) is 12.2. The molecule has 49 heavy (non-hydrogen) atoms. The number of aromatic amines is 1. The van der Waals surface area contributed by atoms with E-state index >= 15 is 0 Å². The second kappa shape index (κ2) is 15.6. The maximum Gasteiger partial charge on any atom is 0.419 e. The second-order valence-corrected chi connectivity index (χ2v) is 8.58. The van der Waals surface area contributed by atoms with Crippen LogP contribution in [0.25, 0.3) is 5.69 Å². The van der Waals surface area contributed by atoms with Gasteiger partial charge in [-0.05, 0) is 12.1 Å². The lowest BCUT2D eigenvalue weighted by molar-refractivity contribution is -0.385. The minimum absolute atomic E-state index is 0.0401. The van der Waals surface area contributed by atoms with Crippen LogP contribution in [-0.2, 0) is 21.8 Å². The van der Waals surface area contributed by atoms with Crippen LogP contribution in [0.5, 0.6) is 0 Å². The number of carbonyl (C=O) groups is 2. The quantitative estimate of drug-likeness (QED) is 0.121. The van der Waals surface area contributed by atoms with E-state index in [1.165, 1.54) is 12.5 Å². The van der Waals surface area contributed by atoms with Crippen molar-refractivity contribution in [2.24, 2.45) is 0 Å². The summed E-state index contributed by atoms with van der Waals surface area (Å²) in [6.07, 6.45) is -5.17. The number of ether oxygens (including phenoxy) is 2. The summed E-state index contributed by atoms with van der Waals surface area (Å²) in [6, 6.07) is 4.54. The predicted molar refractivity (Wildman–Crippen MR) is 144 cm³/mol. The maximum absolute atomic E-state index is 13.2. The predicted octanol–water partition coefficient (Wildman–Crippen LogP) is 5.28. The Morgan fingerprint density at radius 2 is 1.39 bits per heavy atom. The van der Waals surface area contributed by atoms with Gasteiger partial charge in [0.25, 0.3) is 11.4 Å². The number of hydrogen-bond acceptors (Lipinski definition) is 12. The number of halogens is 7. The Hall–Kier alpha value is -6.91. The van der Waals surface area contributed by atoms with Crippen molar-refractivity contribution in [3.05, 3.63) is 109 Å². The van der Waals surface area contributed by atoms with E-state index in [2.05, 4.69) is 24.4 Å². The fourth-order valence-corrected chi connectivity index (χ4v) is 3.47. The summed E-state index contributed by atoms with van der Waals surface area (Å²) in [5, 5.41) is 38.3. The van der Waals surface area contributed by atoms with E-state index in [-0.39, 0.29) is 23.9 Å². The average molecular weight is 700 g/mol. The van der Waals surface area contributed by atoms with Crippen molar-refractivity contribution in [3.63, 3.8) is 0 Å². The van der Waals surface area contributed by atoms with Crippen molar-refractivity contribution in [3.8, 4) is 17.8 Å². The summed E-state index contributed by atoms with van der Waals surface area (Å²) in [5.41, 5.74) is -7.19. The molecule has 0 saturated carbocycles. The largest absolute Gasteiger partial charge is 0.465 e. The van der Waals surface area contributed by atoms with Crippen molar-refractivity contribution in [2.75, 3.05) is 14.2 Å². The molecule has 2 heterocycles. The van der Waals surface area contributed by atoms with E-state index in [0.29, 0.717) is 11.8 Å². The van der Waals surface area contributed by atoms with Gasteiger partial charge < -0.3 is 19.0 Å². The minimum atomic E-state index is -5.09. The van der Waals surface area contributed by atoms with E-state index in [1.807, 2.05) is 6.07 Å². The lowest BCUT2D eigenvalue weighted by Gasteiger charge is -2.14. The Bertz CT molecular complexity index is 1960. The molecule has 0 amide bonds. The molecular formula is C26H15F7N8O8. The number of benzene rings is 2. The monoisotopic (exact) mass is 700 g/mol. The van der Waals surface area contributed by atoms with Crippen LogP contribution in [0.4, 0.5) is 42.1 Å². The van der Waals surface area contributed by atoms with E-state index in [0.717, 1.165) is 31.3 Å². The Morgan fingerprint density at radius 1 is 0.878 bits per heavy atom. The van der Waals surface area contributed by atoms with Crippen molar-refractivity contribution in [1.82, 2.24) is 19.5 Å². The number of imidazole rings is 2. The van der Waals surface area contributed by atoms with E-state index in [1.54, 1.807) is 6.07 Å². The number of carbonyl (C=O) groups excluding carboxylic acids is 2. The average Bonchev–Trinajstić information content (AvgIpc) is 3.75. The smallest absolute Gasteiger partial charge is 0.419 e. The Morgan fingerprint density at radius 3 is 1.76 bits per heavy atom. The number of H-pyrrole nitrogens is 1. The first-order chi connectivity index (χ1) is 22.8. The van der Waals surface area contributed by atoms with Crippen molar-refractivity contribution >= 4 is 23.3 Å². The number of aromatic nitrogens is 4. The van der Waals surface area contributed by atoms with Crippen LogP contribution in [-0.4, -0.2) is 55.5 Å². The standard InChI is InChI=1S/C13H7F3N4O4.C9H5F4NO4.C4H3N3/c1-24-12(21)8-2-11(19-5-7(4-17)18-6-19)9(13(14,15)16)3-10(8)20(22)23;1-18-8(15)4-2-6(10)5(9(11,12)13)3-7(4)14(16)17;5-1-4-2-6-3-7-4/h2-3,5-6H,1H3;2-3H,1H3;2-3H,(H,6,7). The van der Waals surface area contributed by atoms with Gasteiger partial charge in [0.15, 0.2) is 5.69 Å². The summed E-state index contributed by atoms with van der Waals surface area (Å²) >= 11 is 0. The normalized spacial score (nSPS) is 10.6. The third kappa shape index (κ3) is 9.55. The van der Waals surface area contributed by atoms with E-state index < -0.39 is 79.3 Å². The fraction of sp³-hybridized carbons (Fsp3) is 0.154. The highest BCUT2D eigenvalue weighted by Gasteiger charge is 2.39. The van der Waals surface area contributed by atoms with Gasteiger partial charge in [-0.2, -0.15) is 36.9 Å². The van der Waals surface area contributed by atoms with Gasteiger partial charge in [0, 0.05) is 18.3 Å². The molecule has 0 aliphatic carbocycles. The lowest BCUT2D eigenvalue weighted by Crippen LogP contribution is -2.14. The van der Waals surface area contributed by atoms with Gasteiger partial charge in [-0.3, -0.25) is 20.2 Å². The zero-order valence-electron chi connectivity index (χ0n) is 24.2. The van der Waals surface area contributed by atoms with Gasteiger partial charge in [0.1, 0.15) is 41.1 Å². The molecule has 2 aromatic heterocycles. The van der Waals surface area contributed by atoms with Crippen molar-refractivity contribution in [2.45, 2.75) is 12.4 Å². The number of nitriles is 2.